The van der Waals surface area contributed by atoms with Crippen molar-refractivity contribution in [2.24, 2.45) is 0 Å². The minimum atomic E-state index is -1.02. The normalized spacial score (nSPS) is 11.6. The molecule has 1 atom stereocenters. The minimum Gasteiger partial charge on any atom is -0.474 e. The van der Waals surface area contributed by atoms with Gasteiger partial charge in [0.25, 0.3) is 5.91 Å². The van der Waals surface area contributed by atoms with E-state index >= 15 is 0 Å². The third-order valence-corrected chi connectivity index (χ3v) is 3.24. The molecule has 0 heterocycles. The molecule has 0 fully saturated rings. The van der Waals surface area contributed by atoms with Gasteiger partial charge in [0.1, 0.15) is 5.82 Å². The summed E-state index contributed by atoms with van der Waals surface area (Å²) >= 11 is 5.82. The zero-order valence-electron chi connectivity index (χ0n) is 12.0. The molecule has 0 spiro atoms. The van der Waals surface area contributed by atoms with Crippen LogP contribution in [0, 0.1) is 15.9 Å². The monoisotopic (exact) mass is 338 g/mol. The van der Waals surface area contributed by atoms with Crippen molar-refractivity contribution in [3.63, 3.8) is 0 Å². The van der Waals surface area contributed by atoms with Crippen molar-refractivity contribution in [1.29, 1.82) is 0 Å². The van der Waals surface area contributed by atoms with Crippen LogP contribution in [-0.4, -0.2) is 16.9 Å². The van der Waals surface area contributed by atoms with Crippen molar-refractivity contribution < 1.29 is 18.8 Å². The van der Waals surface area contributed by atoms with E-state index < -0.39 is 22.8 Å². The minimum absolute atomic E-state index is 0.0228. The lowest BCUT2D eigenvalue weighted by molar-refractivity contribution is -0.386. The Bertz CT molecular complexity index is 754. The first-order valence-corrected chi connectivity index (χ1v) is 6.92. The zero-order chi connectivity index (χ0) is 17.0. The number of rotatable bonds is 5. The number of nitro benzene ring substituents is 1. The summed E-state index contributed by atoms with van der Waals surface area (Å²) in [4.78, 5) is 22.4. The van der Waals surface area contributed by atoms with Crippen LogP contribution < -0.4 is 10.1 Å². The number of amides is 1. The van der Waals surface area contributed by atoms with Gasteiger partial charge in [-0.1, -0.05) is 23.7 Å². The molecule has 2 rings (SSSR count). The number of nitrogens with zero attached hydrogens (tertiary/aromatic N) is 1. The Kier molecular flexibility index (Phi) is 5.13. The Morgan fingerprint density at radius 3 is 2.70 bits per heavy atom. The third-order valence-electron chi connectivity index (χ3n) is 2.92. The maximum atomic E-state index is 13.0. The van der Waals surface area contributed by atoms with E-state index in [0.29, 0.717) is 0 Å². The molecule has 8 heteroatoms. The van der Waals surface area contributed by atoms with Crippen molar-refractivity contribution in [3.8, 4) is 5.75 Å². The van der Waals surface area contributed by atoms with Gasteiger partial charge in [-0.15, -0.1) is 0 Å². The summed E-state index contributed by atoms with van der Waals surface area (Å²) in [6, 6.07) is 9.24. The number of benzene rings is 2. The topological polar surface area (TPSA) is 81.5 Å². The molecular formula is C15H12ClFN2O4. The van der Waals surface area contributed by atoms with Crippen LogP contribution in [0.25, 0.3) is 0 Å². The first-order chi connectivity index (χ1) is 10.9. The van der Waals surface area contributed by atoms with Gasteiger partial charge < -0.3 is 10.1 Å². The number of carbonyl (C=O) groups is 1. The predicted octanol–water partition coefficient (Wildman–Crippen LogP) is 3.79. The third kappa shape index (κ3) is 4.17. The molecule has 0 unspecified atom stereocenters. The summed E-state index contributed by atoms with van der Waals surface area (Å²) < 4.78 is 18.3. The smallest absolute Gasteiger partial charge is 0.310 e. The lowest BCUT2D eigenvalue weighted by Gasteiger charge is -2.15. The van der Waals surface area contributed by atoms with Gasteiger partial charge >= 0.3 is 5.69 Å². The Morgan fingerprint density at radius 1 is 1.35 bits per heavy atom. The fourth-order valence-corrected chi connectivity index (χ4v) is 1.99. The van der Waals surface area contributed by atoms with Crippen LogP contribution in [0.2, 0.25) is 5.02 Å². The van der Waals surface area contributed by atoms with Crippen LogP contribution in [0.15, 0.2) is 42.5 Å². The molecule has 23 heavy (non-hydrogen) atoms. The van der Waals surface area contributed by atoms with Gasteiger partial charge in [0.2, 0.25) is 0 Å². The van der Waals surface area contributed by atoms with E-state index in [1.165, 1.54) is 31.2 Å². The van der Waals surface area contributed by atoms with E-state index in [-0.39, 0.29) is 22.1 Å². The van der Waals surface area contributed by atoms with Gasteiger partial charge in [-0.05, 0) is 31.2 Å². The summed E-state index contributed by atoms with van der Waals surface area (Å²) in [5.74, 6) is -1.13. The van der Waals surface area contributed by atoms with Crippen molar-refractivity contribution in [2.75, 3.05) is 5.32 Å². The zero-order valence-corrected chi connectivity index (χ0v) is 12.7. The molecule has 0 aliphatic heterocycles. The fraction of sp³-hybridized carbons (Fsp3) is 0.133. The van der Waals surface area contributed by atoms with Crippen LogP contribution in [0.3, 0.4) is 0 Å². The maximum Gasteiger partial charge on any atom is 0.310 e. The molecule has 0 radical (unpaired) electrons. The number of hydrogen-bond acceptors (Lipinski definition) is 4. The second kappa shape index (κ2) is 7.06. The number of para-hydroxylation sites is 2. The highest BCUT2D eigenvalue weighted by atomic mass is 35.5. The van der Waals surface area contributed by atoms with Crippen LogP contribution in [0.1, 0.15) is 6.92 Å². The molecule has 0 bridgehead atoms. The van der Waals surface area contributed by atoms with E-state index in [2.05, 4.69) is 5.32 Å². The van der Waals surface area contributed by atoms with E-state index in [9.17, 15) is 19.3 Å². The molecule has 0 aliphatic carbocycles. The van der Waals surface area contributed by atoms with E-state index in [4.69, 9.17) is 16.3 Å². The molecule has 0 saturated heterocycles. The van der Waals surface area contributed by atoms with Crippen LogP contribution in [-0.2, 0) is 4.79 Å². The number of nitro groups is 1. The first-order valence-electron chi connectivity index (χ1n) is 6.54. The number of halogens is 2. The molecular weight excluding hydrogens is 327 g/mol. The molecule has 1 amide bonds. The van der Waals surface area contributed by atoms with Crippen molar-refractivity contribution >= 4 is 28.9 Å². The highest BCUT2D eigenvalue weighted by Gasteiger charge is 2.21. The van der Waals surface area contributed by atoms with Gasteiger partial charge in [0, 0.05) is 6.07 Å². The Balaban J connectivity index is 2.10. The number of anilines is 1. The number of nitrogens with one attached hydrogen (secondary N) is 1. The molecule has 2 aromatic carbocycles. The average Bonchev–Trinajstić information content (AvgIpc) is 2.50. The number of carbonyl (C=O) groups excluding carboxylic acids is 1. The summed E-state index contributed by atoms with van der Waals surface area (Å²) in [6.07, 6.45) is -1.02. The second-order valence-corrected chi connectivity index (χ2v) is 5.01. The largest absolute Gasteiger partial charge is 0.474 e. The Morgan fingerprint density at radius 2 is 2.04 bits per heavy atom. The van der Waals surface area contributed by atoms with Crippen molar-refractivity contribution in [2.45, 2.75) is 13.0 Å². The number of ether oxygens (including phenoxy) is 1. The highest BCUT2D eigenvalue weighted by molar-refractivity contribution is 6.33. The molecule has 6 nitrogen and oxygen atoms in total. The van der Waals surface area contributed by atoms with Crippen LogP contribution >= 0.6 is 11.6 Å². The summed E-state index contributed by atoms with van der Waals surface area (Å²) in [6.45, 7) is 1.43. The standard InChI is InChI=1S/C15H12ClFN2O4/c1-9(23-14-5-3-2-4-13(14)19(21)22)15(20)18-12-7-6-10(17)8-11(12)16/h2-9H,1H3,(H,18,20)/t9-/m0/s1. The lowest BCUT2D eigenvalue weighted by Crippen LogP contribution is -2.30. The molecule has 1 N–H and O–H groups in total. The Labute approximate surface area is 136 Å². The fourth-order valence-electron chi connectivity index (χ4n) is 1.78. The van der Waals surface area contributed by atoms with Crippen molar-refractivity contribution in [3.05, 3.63) is 63.4 Å². The van der Waals surface area contributed by atoms with Gasteiger partial charge in [0.15, 0.2) is 11.9 Å². The predicted molar refractivity (Wildman–Crippen MR) is 83.2 cm³/mol. The molecule has 120 valence electrons. The quantitative estimate of drug-likeness (QED) is 0.664. The SMILES string of the molecule is C[C@H](Oc1ccccc1[N+](=O)[O-])C(=O)Nc1ccc(F)cc1Cl. The Hall–Kier alpha value is -2.67. The molecule has 2 aromatic rings. The molecule has 0 aromatic heterocycles. The summed E-state index contributed by atoms with van der Waals surface area (Å²) in [5, 5.41) is 13.4. The van der Waals surface area contributed by atoms with Gasteiger partial charge in [-0.3, -0.25) is 14.9 Å². The molecule has 0 saturated carbocycles. The lowest BCUT2D eigenvalue weighted by atomic mass is 10.2. The van der Waals surface area contributed by atoms with E-state index in [0.717, 1.165) is 12.1 Å². The van der Waals surface area contributed by atoms with Crippen LogP contribution in [0.5, 0.6) is 5.75 Å². The molecule has 0 aliphatic rings. The van der Waals surface area contributed by atoms with Gasteiger partial charge in [0.05, 0.1) is 15.6 Å². The first kappa shape index (κ1) is 16.7. The van der Waals surface area contributed by atoms with Crippen LogP contribution in [0.4, 0.5) is 15.8 Å². The van der Waals surface area contributed by atoms with Gasteiger partial charge in [-0.25, -0.2) is 4.39 Å². The van der Waals surface area contributed by atoms with E-state index in [1.807, 2.05) is 0 Å². The maximum absolute atomic E-state index is 13.0. The van der Waals surface area contributed by atoms with Gasteiger partial charge in [-0.2, -0.15) is 0 Å². The number of hydrogen-bond donors (Lipinski definition) is 1. The van der Waals surface area contributed by atoms with Crippen molar-refractivity contribution in [1.82, 2.24) is 0 Å². The summed E-state index contributed by atoms with van der Waals surface area (Å²) in [7, 11) is 0. The second-order valence-electron chi connectivity index (χ2n) is 4.60. The highest BCUT2D eigenvalue weighted by Crippen LogP contribution is 2.27. The van der Waals surface area contributed by atoms with E-state index in [1.54, 1.807) is 6.07 Å². The summed E-state index contributed by atoms with van der Waals surface area (Å²) in [5.41, 5.74) is -0.0250. The average molecular weight is 339 g/mol.